The van der Waals surface area contributed by atoms with Crippen LogP contribution in [0.2, 0.25) is 0 Å². The number of rotatable bonds is 3. The molecule has 0 radical (unpaired) electrons. The monoisotopic (exact) mass is 301 g/mol. The van der Waals surface area contributed by atoms with Crippen LogP contribution in [0.25, 0.3) is 0 Å². The van der Waals surface area contributed by atoms with E-state index >= 15 is 0 Å². The number of benzene rings is 1. The Balaban J connectivity index is 1.80. The summed E-state index contributed by atoms with van der Waals surface area (Å²) in [5.74, 6) is 0.859. The second kappa shape index (κ2) is 6.11. The van der Waals surface area contributed by atoms with Gasteiger partial charge in [-0.2, -0.15) is 17.0 Å². The summed E-state index contributed by atoms with van der Waals surface area (Å²) in [6.07, 6.45) is 5.79. The van der Waals surface area contributed by atoms with E-state index in [1.54, 1.807) is 18.2 Å². The van der Waals surface area contributed by atoms with E-state index in [1.165, 1.54) is 26.4 Å². The molecule has 110 valence electrons. The van der Waals surface area contributed by atoms with Gasteiger partial charge in [0.2, 0.25) is 0 Å². The molecule has 2 bridgehead atoms. The quantitative estimate of drug-likeness (QED) is 0.797. The number of fused-ring (bicyclic) bond motifs is 2. The third-order valence-corrected chi connectivity index (χ3v) is 6.13. The summed E-state index contributed by atoms with van der Waals surface area (Å²) in [5, 5.41) is 10.5. The van der Waals surface area contributed by atoms with Crippen LogP contribution in [-0.4, -0.2) is 23.4 Å². The highest BCUT2D eigenvalue weighted by atomic mass is 32.2. The first-order valence-electron chi connectivity index (χ1n) is 7.49. The van der Waals surface area contributed by atoms with Crippen molar-refractivity contribution in [1.82, 2.24) is 0 Å². The highest BCUT2D eigenvalue weighted by molar-refractivity contribution is 8.00. The molecule has 0 aromatic heterocycles. The van der Waals surface area contributed by atoms with Crippen molar-refractivity contribution in [3.05, 3.63) is 29.3 Å². The van der Waals surface area contributed by atoms with Crippen LogP contribution in [-0.2, 0) is 0 Å². The van der Waals surface area contributed by atoms with E-state index in [1.807, 2.05) is 0 Å². The topological polar surface area (TPSA) is 50.1 Å². The Labute approximate surface area is 129 Å². The van der Waals surface area contributed by atoms with Crippen molar-refractivity contribution >= 4 is 17.5 Å². The molecule has 2 heterocycles. The molecular weight excluding hydrogens is 282 g/mol. The van der Waals surface area contributed by atoms with Gasteiger partial charge in [-0.05, 0) is 43.9 Å². The molecule has 2 saturated heterocycles. The lowest BCUT2D eigenvalue weighted by Crippen LogP contribution is -2.32. The molecule has 2 unspecified atom stereocenters. The van der Waals surface area contributed by atoms with Crippen molar-refractivity contribution < 1.29 is 9.53 Å². The minimum Gasteiger partial charge on any atom is -0.495 e. The number of hydrogen-bond acceptors (Lipinski definition) is 4. The zero-order chi connectivity index (χ0) is 14.8. The average Bonchev–Trinajstić information content (AvgIpc) is 2.53. The van der Waals surface area contributed by atoms with Gasteiger partial charge in [0.25, 0.3) is 0 Å². The Bertz CT molecular complexity index is 581. The van der Waals surface area contributed by atoms with Gasteiger partial charge in [0.05, 0.1) is 12.7 Å². The molecule has 1 aromatic rings. The molecule has 0 spiro atoms. The molecule has 2 atom stereocenters. The lowest BCUT2D eigenvalue weighted by atomic mass is 9.84. The summed E-state index contributed by atoms with van der Waals surface area (Å²) in [5.41, 5.74) is 1.09. The zero-order valence-corrected chi connectivity index (χ0v) is 13.0. The van der Waals surface area contributed by atoms with E-state index < -0.39 is 0 Å². The first-order chi connectivity index (χ1) is 10.2. The summed E-state index contributed by atoms with van der Waals surface area (Å²) in [7, 11) is 1.54. The van der Waals surface area contributed by atoms with Crippen LogP contribution in [0.15, 0.2) is 18.2 Å². The van der Waals surface area contributed by atoms with Crippen molar-refractivity contribution in [3.63, 3.8) is 0 Å². The smallest absolute Gasteiger partial charge is 0.166 e. The molecule has 21 heavy (non-hydrogen) atoms. The highest BCUT2D eigenvalue weighted by Gasteiger charge is 2.35. The van der Waals surface area contributed by atoms with Gasteiger partial charge >= 0.3 is 0 Å². The third kappa shape index (κ3) is 2.94. The number of Topliss-reactive ketones (excluding diaryl/α,β-unsaturated/α-hetero) is 1. The number of carbonyl (C=O) groups is 1. The van der Waals surface area contributed by atoms with Crippen LogP contribution >= 0.6 is 11.8 Å². The lowest BCUT2D eigenvalue weighted by Gasteiger charge is -2.38. The van der Waals surface area contributed by atoms with Crippen molar-refractivity contribution in [3.8, 4) is 11.8 Å². The van der Waals surface area contributed by atoms with E-state index in [2.05, 4.69) is 17.8 Å². The second-order valence-electron chi connectivity index (χ2n) is 5.87. The van der Waals surface area contributed by atoms with E-state index in [0.29, 0.717) is 27.4 Å². The van der Waals surface area contributed by atoms with Gasteiger partial charge in [-0.1, -0.05) is 6.42 Å². The van der Waals surface area contributed by atoms with Crippen molar-refractivity contribution in [2.45, 2.75) is 42.6 Å². The van der Waals surface area contributed by atoms with Crippen LogP contribution in [0.1, 0.15) is 48.0 Å². The Morgan fingerprint density at radius 3 is 2.67 bits per heavy atom. The lowest BCUT2D eigenvalue weighted by molar-refractivity contribution is 0.0896. The van der Waals surface area contributed by atoms with Gasteiger partial charge in [0, 0.05) is 22.0 Å². The SMILES string of the molecule is COc1ccc(C(=O)C2CC3CCCC(C2)S3)cc1C#N. The molecule has 0 amide bonds. The summed E-state index contributed by atoms with van der Waals surface area (Å²) in [6, 6.07) is 7.30. The van der Waals surface area contributed by atoms with Crippen LogP contribution < -0.4 is 4.74 Å². The Kier molecular flexibility index (Phi) is 4.21. The molecule has 0 saturated carbocycles. The molecule has 0 N–H and O–H groups in total. The molecule has 3 rings (SSSR count). The minimum atomic E-state index is 0.126. The maximum absolute atomic E-state index is 12.7. The molecule has 1 aromatic carbocycles. The molecule has 2 aliphatic heterocycles. The molecular formula is C17H19NO2S. The number of thioether (sulfide) groups is 1. The van der Waals surface area contributed by atoms with Crippen LogP contribution in [0.3, 0.4) is 0 Å². The molecule has 0 aliphatic carbocycles. The normalized spacial score (nSPS) is 27.7. The first-order valence-corrected chi connectivity index (χ1v) is 8.43. The number of carbonyl (C=O) groups excluding carboxylic acids is 1. The molecule has 4 heteroatoms. The average molecular weight is 301 g/mol. The summed E-state index contributed by atoms with van der Waals surface area (Å²) >= 11 is 2.08. The van der Waals surface area contributed by atoms with Crippen LogP contribution in [0.4, 0.5) is 0 Å². The maximum atomic E-state index is 12.7. The fourth-order valence-electron chi connectivity index (χ4n) is 3.46. The molecule has 3 nitrogen and oxygen atoms in total. The maximum Gasteiger partial charge on any atom is 0.166 e. The zero-order valence-electron chi connectivity index (χ0n) is 12.2. The Morgan fingerprint density at radius 2 is 2.05 bits per heavy atom. The standard InChI is InChI=1S/C17H19NO2S/c1-20-16-6-5-11(7-13(16)10-18)17(19)12-8-14-3-2-4-15(9-12)21-14/h5-7,12,14-15H,2-4,8-9H2,1H3. The number of hydrogen-bond donors (Lipinski definition) is 0. The van der Waals surface area contributed by atoms with Crippen molar-refractivity contribution in [2.24, 2.45) is 5.92 Å². The van der Waals surface area contributed by atoms with Crippen molar-refractivity contribution in [1.29, 1.82) is 5.26 Å². The van der Waals surface area contributed by atoms with E-state index in [0.717, 1.165) is 12.8 Å². The largest absolute Gasteiger partial charge is 0.495 e. The van der Waals surface area contributed by atoms with Gasteiger partial charge in [-0.25, -0.2) is 0 Å². The minimum absolute atomic E-state index is 0.126. The second-order valence-corrected chi connectivity index (χ2v) is 7.48. The van der Waals surface area contributed by atoms with Gasteiger partial charge in [0.15, 0.2) is 5.78 Å². The Morgan fingerprint density at radius 1 is 1.33 bits per heavy atom. The first kappa shape index (κ1) is 14.5. The van der Waals surface area contributed by atoms with Crippen LogP contribution in [0.5, 0.6) is 5.75 Å². The van der Waals surface area contributed by atoms with Crippen molar-refractivity contribution in [2.75, 3.05) is 7.11 Å². The fourth-order valence-corrected chi connectivity index (χ4v) is 5.29. The van der Waals surface area contributed by atoms with Gasteiger partial charge in [-0.3, -0.25) is 4.79 Å². The number of ketones is 1. The number of nitriles is 1. The van der Waals surface area contributed by atoms with E-state index in [-0.39, 0.29) is 11.7 Å². The molecule has 2 fully saturated rings. The van der Waals surface area contributed by atoms with Gasteiger partial charge < -0.3 is 4.74 Å². The summed E-state index contributed by atoms with van der Waals surface area (Å²) < 4.78 is 5.14. The fraction of sp³-hybridized carbons (Fsp3) is 0.529. The predicted octanol–water partition coefficient (Wildman–Crippen LogP) is 3.81. The number of nitrogens with zero attached hydrogens (tertiary/aromatic N) is 1. The number of ether oxygens (including phenoxy) is 1. The summed E-state index contributed by atoms with van der Waals surface area (Å²) in [6.45, 7) is 0. The van der Waals surface area contributed by atoms with Gasteiger partial charge in [0.1, 0.15) is 11.8 Å². The third-order valence-electron chi connectivity index (χ3n) is 4.51. The van der Waals surface area contributed by atoms with E-state index in [4.69, 9.17) is 10.00 Å². The molecule has 2 aliphatic rings. The summed E-state index contributed by atoms with van der Waals surface area (Å²) in [4.78, 5) is 12.7. The predicted molar refractivity (Wildman–Crippen MR) is 83.8 cm³/mol. The Hall–Kier alpha value is -1.47. The highest BCUT2D eigenvalue weighted by Crippen LogP contribution is 2.44. The van der Waals surface area contributed by atoms with Crippen LogP contribution in [0, 0.1) is 17.2 Å². The number of methoxy groups -OCH3 is 1. The van der Waals surface area contributed by atoms with E-state index in [9.17, 15) is 4.79 Å². The van der Waals surface area contributed by atoms with Gasteiger partial charge in [-0.15, -0.1) is 0 Å².